The minimum Gasteiger partial charge on any atom is -0.403 e. The number of amides is 1. The highest BCUT2D eigenvalue weighted by atomic mass is 32.2. The lowest BCUT2D eigenvalue weighted by Crippen LogP contribution is -2.26. The minimum atomic E-state index is -3.77. The van der Waals surface area contributed by atoms with Crippen molar-refractivity contribution in [2.24, 2.45) is 0 Å². The lowest BCUT2D eigenvalue weighted by molar-refractivity contribution is 0.102. The van der Waals surface area contributed by atoms with Crippen LogP contribution < -0.4 is 9.62 Å². The van der Waals surface area contributed by atoms with E-state index in [9.17, 15) is 13.2 Å². The molecular formula is C23H20N4O4S2. The predicted molar refractivity (Wildman–Crippen MR) is 128 cm³/mol. The van der Waals surface area contributed by atoms with E-state index >= 15 is 0 Å². The summed E-state index contributed by atoms with van der Waals surface area (Å²) in [6.45, 7) is 0. The van der Waals surface area contributed by atoms with E-state index in [0.717, 1.165) is 10.5 Å². The number of anilines is 2. The van der Waals surface area contributed by atoms with E-state index in [2.05, 4.69) is 15.5 Å². The lowest BCUT2D eigenvalue weighted by Gasteiger charge is -2.19. The van der Waals surface area contributed by atoms with Gasteiger partial charge in [0.15, 0.2) is 0 Å². The topological polar surface area (TPSA) is 105 Å². The Morgan fingerprint density at radius 3 is 2.24 bits per heavy atom. The van der Waals surface area contributed by atoms with E-state index in [1.165, 1.54) is 35.6 Å². The van der Waals surface area contributed by atoms with Crippen LogP contribution in [0.2, 0.25) is 0 Å². The van der Waals surface area contributed by atoms with Gasteiger partial charge in [-0.25, -0.2) is 8.42 Å². The largest absolute Gasteiger partial charge is 0.403 e. The van der Waals surface area contributed by atoms with Gasteiger partial charge < -0.3 is 4.42 Å². The van der Waals surface area contributed by atoms with Crippen LogP contribution in [0.3, 0.4) is 0 Å². The summed E-state index contributed by atoms with van der Waals surface area (Å²) in [5.41, 5.74) is 1.52. The highest BCUT2D eigenvalue weighted by molar-refractivity contribution is 7.98. The SMILES string of the molecule is CSc1ccc(-c2nnc(NC(=O)c3ccc(S(=O)(=O)N(C)c4ccccc4)cc3)o2)cc1. The highest BCUT2D eigenvalue weighted by Crippen LogP contribution is 2.24. The molecular weight excluding hydrogens is 460 g/mol. The van der Waals surface area contributed by atoms with Gasteiger partial charge in [-0.1, -0.05) is 23.3 Å². The van der Waals surface area contributed by atoms with Crippen molar-refractivity contribution in [2.45, 2.75) is 9.79 Å². The molecule has 0 aliphatic heterocycles. The molecule has 1 amide bonds. The molecule has 168 valence electrons. The molecule has 0 atom stereocenters. The Bertz CT molecular complexity index is 1350. The predicted octanol–water partition coefficient (Wildman–Crippen LogP) is 4.54. The normalized spacial score (nSPS) is 11.2. The molecule has 0 saturated heterocycles. The van der Waals surface area contributed by atoms with Crippen molar-refractivity contribution in [3.8, 4) is 11.5 Å². The van der Waals surface area contributed by atoms with Gasteiger partial charge in [0.1, 0.15) is 0 Å². The van der Waals surface area contributed by atoms with Crippen molar-refractivity contribution in [2.75, 3.05) is 22.9 Å². The number of para-hydroxylation sites is 1. The quantitative estimate of drug-likeness (QED) is 0.387. The van der Waals surface area contributed by atoms with Crippen molar-refractivity contribution in [3.63, 3.8) is 0 Å². The van der Waals surface area contributed by atoms with Crippen LogP contribution in [0.5, 0.6) is 0 Å². The van der Waals surface area contributed by atoms with Crippen LogP contribution in [0.25, 0.3) is 11.5 Å². The van der Waals surface area contributed by atoms with Gasteiger partial charge in [-0.3, -0.25) is 14.4 Å². The molecule has 0 bridgehead atoms. The molecule has 0 spiro atoms. The molecule has 0 aliphatic carbocycles. The van der Waals surface area contributed by atoms with Crippen molar-refractivity contribution in [1.29, 1.82) is 0 Å². The maximum atomic E-state index is 12.9. The number of carbonyl (C=O) groups excluding carboxylic acids is 1. The Hall–Kier alpha value is -3.63. The van der Waals surface area contributed by atoms with E-state index in [4.69, 9.17) is 4.42 Å². The summed E-state index contributed by atoms with van der Waals surface area (Å²) >= 11 is 1.62. The zero-order chi connectivity index (χ0) is 23.4. The average Bonchev–Trinajstić information content (AvgIpc) is 3.32. The van der Waals surface area contributed by atoms with Crippen LogP contribution in [0.15, 0.2) is 93.1 Å². The molecule has 1 heterocycles. The number of thioether (sulfide) groups is 1. The third-order valence-electron chi connectivity index (χ3n) is 4.88. The molecule has 1 aromatic heterocycles. The molecule has 0 fully saturated rings. The van der Waals surface area contributed by atoms with Crippen LogP contribution in [0.1, 0.15) is 10.4 Å². The van der Waals surface area contributed by atoms with Crippen LogP contribution in [-0.2, 0) is 10.0 Å². The third kappa shape index (κ3) is 4.91. The van der Waals surface area contributed by atoms with Crippen molar-refractivity contribution >= 4 is 39.4 Å². The Morgan fingerprint density at radius 2 is 1.61 bits per heavy atom. The molecule has 4 rings (SSSR count). The van der Waals surface area contributed by atoms with Gasteiger partial charge in [-0.15, -0.1) is 16.9 Å². The van der Waals surface area contributed by atoms with E-state index < -0.39 is 15.9 Å². The fourth-order valence-electron chi connectivity index (χ4n) is 3.01. The maximum Gasteiger partial charge on any atom is 0.322 e. The van der Waals surface area contributed by atoms with Crippen LogP contribution in [-0.4, -0.2) is 37.8 Å². The molecule has 0 radical (unpaired) electrons. The Kier molecular flexibility index (Phi) is 6.47. The molecule has 3 aromatic carbocycles. The van der Waals surface area contributed by atoms with E-state index in [0.29, 0.717) is 5.69 Å². The average molecular weight is 481 g/mol. The van der Waals surface area contributed by atoms with Crippen LogP contribution in [0.4, 0.5) is 11.7 Å². The third-order valence-corrected chi connectivity index (χ3v) is 7.42. The monoisotopic (exact) mass is 480 g/mol. The summed E-state index contributed by atoms with van der Waals surface area (Å²) in [5.74, 6) is -0.216. The van der Waals surface area contributed by atoms with Crippen LogP contribution in [0, 0.1) is 0 Å². The van der Waals surface area contributed by atoms with Crippen molar-refractivity contribution in [1.82, 2.24) is 10.2 Å². The maximum absolute atomic E-state index is 12.9. The van der Waals surface area contributed by atoms with Gasteiger partial charge in [-0.2, -0.15) is 0 Å². The van der Waals surface area contributed by atoms with Gasteiger partial charge >= 0.3 is 6.01 Å². The number of carbonyl (C=O) groups is 1. The van der Waals surface area contributed by atoms with Gasteiger partial charge in [0.05, 0.1) is 10.6 Å². The molecule has 0 saturated carbocycles. The Balaban J connectivity index is 1.46. The number of nitrogens with zero attached hydrogens (tertiary/aromatic N) is 3. The summed E-state index contributed by atoms with van der Waals surface area (Å²) in [5, 5.41) is 10.4. The second kappa shape index (κ2) is 9.47. The second-order valence-corrected chi connectivity index (χ2v) is 9.78. The highest BCUT2D eigenvalue weighted by Gasteiger charge is 2.22. The van der Waals surface area contributed by atoms with Crippen molar-refractivity contribution in [3.05, 3.63) is 84.4 Å². The fraction of sp³-hybridized carbons (Fsp3) is 0.0870. The zero-order valence-electron chi connectivity index (χ0n) is 17.8. The number of aromatic nitrogens is 2. The minimum absolute atomic E-state index is 0.0514. The standard InChI is InChI=1S/C23H20N4O4S2/c1-27(18-6-4-3-5-7-18)33(29,30)20-14-10-16(11-15-20)21(28)24-23-26-25-22(31-23)17-8-12-19(32-2)13-9-17/h3-15H,1-2H3,(H,24,26,28). The summed E-state index contributed by atoms with van der Waals surface area (Å²) < 4.78 is 32.5. The first kappa shape index (κ1) is 22.6. The fourth-order valence-corrected chi connectivity index (χ4v) is 4.61. The number of nitrogens with one attached hydrogen (secondary N) is 1. The Labute approximate surface area is 195 Å². The molecule has 0 unspecified atom stereocenters. The summed E-state index contributed by atoms with van der Waals surface area (Å²) in [6, 6.07) is 21.9. The molecule has 4 aromatic rings. The number of hydrogen-bond donors (Lipinski definition) is 1. The van der Waals surface area contributed by atoms with Crippen LogP contribution >= 0.6 is 11.8 Å². The molecule has 8 nitrogen and oxygen atoms in total. The second-order valence-electron chi connectivity index (χ2n) is 6.93. The molecule has 10 heteroatoms. The summed E-state index contributed by atoms with van der Waals surface area (Å²) in [4.78, 5) is 13.7. The smallest absolute Gasteiger partial charge is 0.322 e. The van der Waals surface area contributed by atoms with Gasteiger partial charge in [0, 0.05) is 23.1 Å². The summed E-state index contributed by atoms with van der Waals surface area (Å²) in [6.07, 6.45) is 1.98. The van der Waals surface area contributed by atoms with E-state index in [1.54, 1.807) is 36.0 Å². The number of benzene rings is 3. The number of rotatable bonds is 7. The molecule has 1 N–H and O–H groups in total. The molecule has 0 aliphatic rings. The number of hydrogen-bond acceptors (Lipinski definition) is 7. The van der Waals surface area contributed by atoms with E-state index in [1.807, 2.05) is 36.6 Å². The lowest BCUT2D eigenvalue weighted by atomic mass is 10.2. The summed E-state index contributed by atoms with van der Waals surface area (Å²) in [7, 11) is -2.29. The first-order valence-corrected chi connectivity index (χ1v) is 12.5. The number of sulfonamides is 1. The first-order chi connectivity index (χ1) is 15.9. The molecule has 33 heavy (non-hydrogen) atoms. The van der Waals surface area contributed by atoms with Crippen molar-refractivity contribution < 1.29 is 17.6 Å². The Morgan fingerprint density at radius 1 is 0.939 bits per heavy atom. The zero-order valence-corrected chi connectivity index (χ0v) is 19.4. The van der Waals surface area contributed by atoms with Gasteiger partial charge in [-0.05, 0) is 66.9 Å². The van der Waals surface area contributed by atoms with E-state index in [-0.39, 0.29) is 22.4 Å². The van der Waals surface area contributed by atoms with Gasteiger partial charge in [0.2, 0.25) is 5.89 Å². The van der Waals surface area contributed by atoms with Gasteiger partial charge in [0.25, 0.3) is 15.9 Å². The first-order valence-electron chi connectivity index (χ1n) is 9.82.